The molecule has 0 radical (unpaired) electrons. The molecule has 5 rings (SSSR count). The Kier molecular flexibility index (Phi) is 8.35. The number of methoxy groups -OCH3 is 1. The minimum atomic E-state index is -0.937. The molecule has 1 atom stereocenters. The van der Waals surface area contributed by atoms with Crippen molar-refractivity contribution >= 4 is 28.8 Å². The van der Waals surface area contributed by atoms with E-state index in [0.717, 1.165) is 78.7 Å². The number of benzene rings is 2. The summed E-state index contributed by atoms with van der Waals surface area (Å²) in [4.78, 5) is 2.21. The summed E-state index contributed by atoms with van der Waals surface area (Å²) in [5, 5.41) is 13.0. The zero-order valence-electron chi connectivity index (χ0n) is 22.2. The molecule has 2 aliphatic carbocycles. The van der Waals surface area contributed by atoms with E-state index in [1.165, 1.54) is 27.8 Å². The van der Waals surface area contributed by atoms with Crippen LogP contribution in [0.1, 0.15) is 61.3 Å². The van der Waals surface area contributed by atoms with Gasteiger partial charge >= 0.3 is 0 Å². The molecule has 2 aromatic carbocycles. The normalized spacial score (nSPS) is 20.4. The molecule has 3 aliphatic rings. The second kappa shape index (κ2) is 11.6. The Hall–Kier alpha value is -2.11. The van der Waals surface area contributed by atoms with E-state index in [1.807, 2.05) is 19.1 Å². The van der Waals surface area contributed by atoms with E-state index < -0.39 is 5.60 Å². The predicted molar refractivity (Wildman–Crippen MR) is 155 cm³/mol. The van der Waals surface area contributed by atoms with Crippen LogP contribution in [-0.2, 0) is 12.0 Å². The molecule has 6 heteroatoms. The van der Waals surface area contributed by atoms with Crippen LogP contribution in [0.2, 0.25) is 0 Å². The van der Waals surface area contributed by atoms with Crippen LogP contribution >= 0.6 is 23.2 Å². The molecule has 1 aliphatic heterocycles. The van der Waals surface area contributed by atoms with Crippen molar-refractivity contribution in [3.63, 3.8) is 0 Å². The molecule has 3 nitrogen and oxygen atoms in total. The highest BCUT2D eigenvalue weighted by molar-refractivity contribution is 6.35. The van der Waals surface area contributed by atoms with Gasteiger partial charge in [-0.15, -0.1) is 0 Å². The first-order chi connectivity index (χ1) is 18.3. The third-order valence-electron chi connectivity index (χ3n) is 8.42. The van der Waals surface area contributed by atoms with Gasteiger partial charge in [-0.1, -0.05) is 53.5 Å². The summed E-state index contributed by atoms with van der Waals surface area (Å²) in [6.45, 7) is 3.95. The first-order valence-electron chi connectivity index (χ1n) is 13.6. The molecule has 1 heterocycles. The molecular weight excluding hydrogens is 520 g/mol. The maximum atomic E-state index is 12.5. The second-order valence-corrected chi connectivity index (χ2v) is 11.8. The number of fused-ring (bicyclic) bond motifs is 1. The van der Waals surface area contributed by atoms with Crippen molar-refractivity contribution in [2.75, 3.05) is 33.4 Å². The zero-order valence-corrected chi connectivity index (χ0v) is 23.7. The Morgan fingerprint density at radius 2 is 1.79 bits per heavy atom. The highest BCUT2D eigenvalue weighted by atomic mass is 35.5. The van der Waals surface area contributed by atoms with Crippen molar-refractivity contribution in [3.05, 3.63) is 92.0 Å². The van der Waals surface area contributed by atoms with Gasteiger partial charge in [0.2, 0.25) is 0 Å². The van der Waals surface area contributed by atoms with E-state index in [1.54, 1.807) is 7.11 Å². The van der Waals surface area contributed by atoms with Crippen molar-refractivity contribution in [1.29, 1.82) is 0 Å². The van der Waals surface area contributed by atoms with Gasteiger partial charge in [-0.2, -0.15) is 0 Å². The fourth-order valence-corrected chi connectivity index (χ4v) is 6.68. The van der Waals surface area contributed by atoms with Gasteiger partial charge in [0.25, 0.3) is 0 Å². The third-order valence-corrected chi connectivity index (χ3v) is 9.06. The van der Waals surface area contributed by atoms with Crippen molar-refractivity contribution in [2.45, 2.75) is 51.0 Å². The Morgan fingerprint density at radius 1 is 1.03 bits per heavy atom. The smallest absolute Gasteiger partial charge is 0.119 e. The molecule has 0 amide bonds. The summed E-state index contributed by atoms with van der Waals surface area (Å²) in [5.41, 5.74) is 7.22. The Morgan fingerprint density at radius 3 is 2.47 bits per heavy atom. The fourth-order valence-electron chi connectivity index (χ4n) is 6.08. The molecule has 0 aromatic heterocycles. The van der Waals surface area contributed by atoms with Gasteiger partial charge in [0.1, 0.15) is 5.75 Å². The summed E-state index contributed by atoms with van der Waals surface area (Å²) in [6.07, 6.45) is 6.99. The molecular formula is C32H36Cl2FNO2. The monoisotopic (exact) mass is 555 g/mol. The maximum absolute atomic E-state index is 12.5. The van der Waals surface area contributed by atoms with E-state index in [-0.39, 0.29) is 12.6 Å². The SMILES string of the molecule is COc1ccc2c(c1)CCCC(C1=C(Cl)C=C(Cl)CC1)=C2c1ccc(C(C)(O)C2CN(CCCF)C2)cc1. The van der Waals surface area contributed by atoms with E-state index in [4.69, 9.17) is 27.9 Å². The largest absolute Gasteiger partial charge is 0.497 e. The first-order valence-corrected chi connectivity index (χ1v) is 14.3. The van der Waals surface area contributed by atoms with Crippen LogP contribution < -0.4 is 4.74 Å². The lowest BCUT2D eigenvalue weighted by molar-refractivity contribution is -0.0796. The molecule has 0 spiro atoms. The molecule has 202 valence electrons. The Bertz CT molecular complexity index is 1270. The summed E-state index contributed by atoms with van der Waals surface area (Å²) in [5.74, 6) is 1.00. The molecule has 1 unspecified atom stereocenters. The molecule has 2 aromatic rings. The minimum absolute atomic E-state index is 0.136. The number of halogens is 3. The average molecular weight is 557 g/mol. The Labute approximate surface area is 235 Å². The summed E-state index contributed by atoms with van der Waals surface area (Å²) in [6, 6.07) is 14.7. The van der Waals surface area contributed by atoms with Crippen LogP contribution in [0.15, 0.2) is 69.8 Å². The van der Waals surface area contributed by atoms with Gasteiger partial charge in [0.05, 0.1) is 19.4 Å². The van der Waals surface area contributed by atoms with Crippen molar-refractivity contribution in [2.24, 2.45) is 5.92 Å². The van der Waals surface area contributed by atoms with Gasteiger partial charge in [-0.25, -0.2) is 0 Å². The number of nitrogens with zero attached hydrogens (tertiary/aromatic N) is 1. The van der Waals surface area contributed by atoms with E-state index >= 15 is 0 Å². The Balaban J connectivity index is 1.53. The number of likely N-dealkylation sites (tertiary alicyclic amines) is 1. The van der Waals surface area contributed by atoms with Gasteiger partial charge in [0.15, 0.2) is 0 Å². The summed E-state index contributed by atoms with van der Waals surface area (Å²) < 4.78 is 18.1. The lowest BCUT2D eigenvalue weighted by Gasteiger charge is -2.47. The average Bonchev–Trinajstić information content (AvgIpc) is 3.06. The number of allylic oxidation sites excluding steroid dienone is 5. The van der Waals surface area contributed by atoms with Gasteiger partial charge < -0.3 is 14.7 Å². The lowest BCUT2D eigenvalue weighted by atomic mass is 9.77. The fraction of sp³-hybridized carbons (Fsp3) is 0.438. The highest BCUT2D eigenvalue weighted by Gasteiger charge is 2.41. The number of hydrogen-bond acceptors (Lipinski definition) is 3. The van der Waals surface area contributed by atoms with Crippen LogP contribution in [0.25, 0.3) is 5.57 Å². The number of rotatable bonds is 8. The third kappa shape index (κ3) is 5.47. The number of aryl methyl sites for hydroxylation is 1. The van der Waals surface area contributed by atoms with Crippen molar-refractivity contribution < 1.29 is 14.2 Å². The topological polar surface area (TPSA) is 32.7 Å². The van der Waals surface area contributed by atoms with Crippen molar-refractivity contribution in [3.8, 4) is 5.75 Å². The standard InChI is InChI=1S/C32H36Cl2FNO2/c1-32(37,24-19-36(20-24)16-4-15-35)23-9-7-21(8-10-23)31-27-14-12-26(38-2)17-22(27)5-3-6-29(31)28-13-11-25(33)18-30(28)34/h7-10,12,14,17-18,24,37H,3-6,11,13,15-16,19-20H2,1-2H3. The number of alkyl halides is 1. The predicted octanol–water partition coefficient (Wildman–Crippen LogP) is 7.74. The van der Waals surface area contributed by atoms with Gasteiger partial charge in [-0.05, 0) is 103 Å². The van der Waals surface area contributed by atoms with Crippen molar-refractivity contribution in [1.82, 2.24) is 4.90 Å². The maximum Gasteiger partial charge on any atom is 0.119 e. The molecule has 1 fully saturated rings. The molecule has 1 saturated heterocycles. The van der Waals surface area contributed by atoms with E-state index in [2.05, 4.69) is 41.3 Å². The van der Waals surface area contributed by atoms with E-state index in [9.17, 15) is 9.50 Å². The zero-order chi connectivity index (χ0) is 26.9. The number of ether oxygens (including phenoxy) is 1. The lowest BCUT2D eigenvalue weighted by Crippen LogP contribution is -2.55. The number of hydrogen-bond donors (Lipinski definition) is 1. The highest BCUT2D eigenvalue weighted by Crippen LogP contribution is 2.44. The van der Waals surface area contributed by atoms with Gasteiger partial charge in [0, 0.05) is 35.6 Å². The molecule has 1 N–H and O–H groups in total. The molecule has 38 heavy (non-hydrogen) atoms. The van der Waals surface area contributed by atoms with Crippen LogP contribution in [0.4, 0.5) is 4.39 Å². The second-order valence-electron chi connectivity index (χ2n) is 10.9. The summed E-state index contributed by atoms with van der Waals surface area (Å²) in [7, 11) is 1.70. The molecule has 0 saturated carbocycles. The number of aliphatic hydroxyl groups is 1. The van der Waals surface area contributed by atoms with Crippen LogP contribution in [0, 0.1) is 5.92 Å². The molecule has 0 bridgehead atoms. The van der Waals surface area contributed by atoms with Crippen LogP contribution in [-0.4, -0.2) is 43.4 Å². The quantitative estimate of drug-likeness (QED) is 0.361. The van der Waals surface area contributed by atoms with Gasteiger partial charge in [-0.3, -0.25) is 4.39 Å². The van der Waals surface area contributed by atoms with E-state index in [0.29, 0.717) is 6.42 Å². The van der Waals surface area contributed by atoms with Crippen LogP contribution in [0.5, 0.6) is 5.75 Å². The summed E-state index contributed by atoms with van der Waals surface area (Å²) >= 11 is 13.1. The van der Waals surface area contributed by atoms with Crippen LogP contribution in [0.3, 0.4) is 0 Å². The minimum Gasteiger partial charge on any atom is -0.497 e. The first kappa shape index (κ1) is 27.5.